The highest BCUT2D eigenvalue weighted by atomic mass is 16.3. The first-order valence-corrected chi connectivity index (χ1v) is 5.33. The van der Waals surface area contributed by atoms with Crippen LogP contribution in [0.4, 0.5) is 0 Å². The molecule has 1 aliphatic rings. The Hall–Kier alpha value is -0.790. The Labute approximate surface area is 86.0 Å². The molecule has 1 N–H and O–H groups in total. The number of carbonyl (C=O) groups excluding carboxylic acids is 1. The lowest BCUT2D eigenvalue weighted by Crippen LogP contribution is -2.28. The van der Waals surface area contributed by atoms with E-state index in [4.69, 9.17) is 0 Å². The van der Waals surface area contributed by atoms with E-state index in [9.17, 15) is 9.90 Å². The molecule has 0 saturated carbocycles. The summed E-state index contributed by atoms with van der Waals surface area (Å²) in [5.74, 6) is 0.424. The van der Waals surface area contributed by atoms with E-state index in [1.165, 1.54) is 0 Å². The lowest BCUT2D eigenvalue weighted by molar-refractivity contribution is -0.121. The number of hydrogen-bond acceptors (Lipinski definition) is 2. The third-order valence-corrected chi connectivity index (χ3v) is 3.35. The minimum atomic E-state index is -0.0116. The number of aliphatic hydroxyl groups excluding tert-OH is 1. The first kappa shape index (κ1) is 11.3. The zero-order valence-corrected chi connectivity index (χ0v) is 9.55. The van der Waals surface area contributed by atoms with Gasteiger partial charge in [-0.15, -0.1) is 0 Å². The lowest BCUT2D eigenvalue weighted by Gasteiger charge is -2.30. The van der Waals surface area contributed by atoms with E-state index in [-0.39, 0.29) is 17.1 Å². The molecular weight excluding hydrogens is 176 g/mol. The molecule has 0 heterocycles. The summed E-state index contributed by atoms with van der Waals surface area (Å²) in [6.07, 6.45) is 2.65. The van der Waals surface area contributed by atoms with Crippen molar-refractivity contribution in [3.8, 4) is 0 Å². The molecule has 0 saturated heterocycles. The fraction of sp³-hybridized carbons (Fsp3) is 0.750. The normalized spacial score (nSPS) is 23.4. The molecule has 80 valence electrons. The molecule has 1 unspecified atom stereocenters. The molecule has 0 aliphatic heterocycles. The maximum atomic E-state index is 11.8. The number of aliphatic hydroxyl groups is 1. The second-order valence-corrected chi connectivity index (χ2v) is 4.93. The van der Waals surface area contributed by atoms with Crippen LogP contribution in [-0.2, 0) is 4.79 Å². The Balaban J connectivity index is 2.80. The standard InChI is InChI=1S/C12H20O2/c1-5-6-12(3,4)9-7-10(13)8(2)11(9)14/h9,13H,5-7H2,1-4H3. The Kier molecular flexibility index (Phi) is 3.03. The van der Waals surface area contributed by atoms with Gasteiger partial charge in [0.05, 0.1) is 5.76 Å². The van der Waals surface area contributed by atoms with E-state index in [1.807, 2.05) is 0 Å². The van der Waals surface area contributed by atoms with E-state index in [1.54, 1.807) is 6.92 Å². The Morgan fingerprint density at radius 2 is 2.07 bits per heavy atom. The average Bonchev–Trinajstić information content (AvgIpc) is 2.33. The van der Waals surface area contributed by atoms with Gasteiger partial charge in [-0.05, 0) is 18.8 Å². The molecule has 0 fully saturated rings. The Morgan fingerprint density at radius 3 is 2.43 bits per heavy atom. The highest BCUT2D eigenvalue weighted by Gasteiger charge is 2.40. The van der Waals surface area contributed by atoms with Gasteiger partial charge in [-0.3, -0.25) is 4.79 Å². The van der Waals surface area contributed by atoms with E-state index in [0.717, 1.165) is 12.8 Å². The van der Waals surface area contributed by atoms with Crippen LogP contribution in [0.5, 0.6) is 0 Å². The van der Waals surface area contributed by atoms with Gasteiger partial charge in [0.25, 0.3) is 0 Å². The van der Waals surface area contributed by atoms with Gasteiger partial charge in [0.2, 0.25) is 0 Å². The zero-order valence-electron chi connectivity index (χ0n) is 9.55. The molecule has 1 atom stereocenters. The van der Waals surface area contributed by atoms with E-state index in [0.29, 0.717) is 17.8 Å². The van der Waals surface area contributed by atoms with Crippen LogP contribution in [0.1, 0.15) is 47.0 Å². The van der Waals surface area contributed by atoms with Crippen molar-refractivity contribution in [3.63, 3.8) is 0 Å². The summed E-state index contributed by atoms with van der Waals surface area (Å²) in [6.45, 7) is 8.08. The summed E-state index contributed by atoms with van der Waals surface area (Å²) in [6, 6.07) is 0. The van der Waals surface area contributed by atoms with Crippen LogP contribution >= 0.6 is 0 Å². The summed E-state index contributed by atoms with van der Waals surface area (Å²) < 4.78 is 0. The van der Waals surface area contributed by atoms with Crippen molar-refractivity contribution in [2.45, 2.75) is 47.0 Å². The Bertz CT molecular complexity index is 274. The summed E-state index contributed by atoms with van der Waals surface area (Å²) in [4.78, 5) is 11.8. The first-order valence-electron chi connectivity index (χ1n) is 5.33. The molecule has 2 heteroatoms. The number of Topliss-reactive ketones (excluding diaryl/α,β-unsaturated/α-hetero) is 1. The molecule has 0 bridgehead atoms. The fourth-order valence-electron chi connectivity index (χ4n) is 2.29. The minimum Gasteiger partial charge on any atom is -0.512 e. The average molecular weight is 196 g/mol. The number of ketones is 1. The minimum absolute atomic E-state index is 0.0115. The highest BCUT2D eigenvalue weighted by Crippen LogP contribution is 2.41. The third-order valence-electron chi connectivity index (χ3n) is 3.35. The number of rotatable bonds is 3. The monoisotopic (exact) mass is 196 g/mol. The maximum absolute atomic E-state index is 11.8. The van der Waals surface area contributed by atoms with Crippen molar-refractivity contribution < 1.29 is 9.90 Å². The second kappa shape index (κ2) is 3.76. The summed E-state index contributed by atoms with van der Waals surface area (Å²) in [5.41, 5.74) is 0.580. The molecule has 0 amide bonds. The van der Waals surface area contributed by atoms with Crippen LogP contribution in [0.25, 0.3) is 0 Å². The van der Waals surface area contributed by atoms with Crippen molar-refractivity contribution in [3.05, 3.63) is 11.3 Å². The molecule has 14 heavy (non-hydrogen) atoms. The van der Waals surface area contributed by atoms with Gasteiger partial charge < -0.3 is 5.11 Å². The SMILES string of the molecule is CCCC(C)(C)C1CC(O)=C(C)C1=O. The predicted octanol–water partition coefficient (Wildman–Crippen LogP) is 3.23. The number of hydrogen-bond donors (Lipinski definition) is 1. The van der Waals surface area contributed by atoms with Gasteiger partial charge in [0, 0.05) is 17.9 Å². The molecule has 0 spiro atoms. The predicted molar refractivity (Wildman–Crippen MR) is 57.1 cm³/mol. The van der Waals surface area contributed by atoms with Crippen molar-refractivity contribution in [2.24, 2.45) is 11.3 Å². The summed E-state index contributed by atoms with van der Waals surface area (Å²) in [7, 11) is 0. The molecular formula is C12H20O2. The molecule has 0 aromatic rings. The topological polar surface area (TPSA) is 37.3 Å². The van der Waals surface area contributed by atoms with E-state index < -0.39 is 0 Å². The summed E-state index contributed by atoms with van der Waals surface area (Å²) >= 11 is 0. The van der Waals surface area contributed by atoms with Gasteiger partial charge in [-0.1, -0.05) is 27.2 Å². The van der Waals surface area contributed by atoms with Gasteiger partial charge in [0.1, 0.15) is 0 Å². The molecule has 0 aromatic heterocycles. The van der Waals surface area contributed by atoms with Gasteiger partial charge in [-0.2, -0.15) is 0 Å². The number of allylic oxidation sites excluding steroid dienone is 2. The number of carbonyl (C=O) groups is 1. The quantitative estimate of drug-likeness (QED) is 0.752. The van der Waals surface area contributed by atoms with Gasteiger partial charge in [-0.25, -0.2) is 0 Å². The van der Waals surface area contributed by atoms with Gasteiger partial charge in [0.15, 0.2) is 5.78 Å². The second-order valence-electron chi connectivity index (χ2n) is 4.93. The highest BCUT2D eigenvalue weighted by molar-refractivity contribution is 6.00. The molecule has 2 nitrogen and oxygen atoms in total. The van der Waals surface area contributed by atoms with Crippen LogP contribution in [0.3, 0.4) is 0 Å². The summed E-state index contributed by atoms with van der Waals surface area (Å²) in [5, 5.41) is 9.53. The van der Waals surface area contributed by atoms with Gasteiger partial charge >= 0.3 is 0 Å². The van der Waals surface area contributed by atoms with E-state index in [2.05, 4.69) is 20.8 Å². The van der Waals surface area contributed by atoms with Crippen molar-refractivity contribution in [1.82, 2.24) is 0 Å². The van der Waals surface area contributed by atoms with Crippen molar-refractivity contribution in [2.75, 3.05) is 0 Å². The van der Waals surface area contributed by atoms with E-state index >= 15 is 0 Å². The first-order chi connectivity index (χ1) is 6.40. The smallest absolute Gasteiger partial charge is 0.165 e. The van der Waals surface area contributed by atoms with Crippen LogP contribution in [0, 0.1) is 11.3 Å². The molecule has 0 radical (unpaired) electrons. The van der Waals surface area contributed by atoms with Crippen LogP contribution in [0.2, 0.25) is 0 Å². The van der Waals surface area contributed by atoms with Crippen molar-refractivity contribution in [1.29, 1.82) is 0 Å². The molecule has 1 rings (SSSR count). The van der Waals surface area contributed by atoms with Crippen LogP contribution < -0.4 is 0 Å². The van der Waals surface area contributed by atoms with Crippen LogP contribution in [0.15, 0.2) is 11.3 Å². The zero-order chi connectivity index (χ0) is 10.9. The van der Waals surface area contributed by atoms with Crippen LogP contribution in [-0.4, -0.2) is 10.9 Å². The lowest BCUT2D eigenvalue weighted by atomic mass is 9.73. The Morgan fingerprint density at radius 1 is 1.50 bits per heavy atom. The third kappa shape index (κ3) is 1.84. The largest absolute Gasteiger partial charge is 0.512 e. The maximum Gasteiger partial charge on any atom is 0.165 e. The molecule has 1 aliphatic carbocycles. The fourth-order valence-corrected chi connectivity index (χ4v) is 2.29. The van der Waals surface area contributed by atoms with Crippen molar-refractivity contribution >= 4 is 5.78 Å². The molecule has 0 aromatic carbocycles.